The van der Waals surface area contributed by atoms with Gasteiger partial charge in [0.05, 0.1) is 5.38 Å². The molecule has 0 bridgehead atoms. The molecule has 0 saturated carbocycles. The lowest BCUT2D eigenvalue weighted by molar-refractivity contribution is 0.404. The van der Waals surface area contributed by atoms with Gasteiger partial charge in [0.1, 0.15) is 5.82 Å². The molecule has 0 saturated heterocycles. The zero-order valence-corrected chi connectivity index (χ0v) is 24.6. The average molecular weight is 546 g/mol. The van der Waals surface area contributed by atoms with Crippen LogP contribution >= 0.6 is 34.8 Å². The van der Waals surface area contributed by atoms with E-state index in [1.54, 1.807) is 0 Å². The minimum absolute atomic E-state index is 0.172. The fraction of sp³-hybridized carbons (Fsp3) is 0.438. The van der Waals surface area contributed by atoms with Crippen molar-refractivity contribution in [1.29, 1.82) is 0 Å². The van der Waals surface area contributed by atoms with Crippen LogP contribution in [0.15, 0.2) is 70.4 Å². The van der Waals surface area contributed by atoms with Gasteiger partial charge in [-0.15, -0.1) is 11.6 Å². The number of benzene rings is 1. The van der Waals surface area contributed by atoms with Crippen molar-refractivity contribution in [1.82, 2.24) is 0 Å². The highest BCUT2D eigenvalue weighted by molar-refractivity contribution is 6.34. The summed E-state index contributed by atoms with van der Waals surface area (Å²) in [4.78, 5) is 0. The first kappa shape index (κ1) is 27.5. The van der Waals surface area contributed by atoms with Crippen LogP contribution in [0.3, 0.4) is 0 Å². The first-order chi connectivity index (χ1) is 16.7. The van der Waals surface area contributed by atoms with Gasteiger partial charge in [0.2, 0.25) is 0 Å². The molecule has 4 atom stereocenters. The molecule has 0 amide bonds. The maximum absolute atomic E-state index is 17.1. The molecule has 0 aliphatic heterocycles. The second-order valence-electron chi connectivity index (χ2n) is 11.7. The summed E-state index contributed by atoms with van der Waals surface area (Å²) < 4.78 is 17.1. The molecule has 0 aromatic heterocycles. The van der Waals surface area contributed by atoms with Gasteiger partial charge in [0.25, 0.3) is 0 Å². The third-order valence-corrected chi connectivity index (χ3v) is 9.83. The van der Waals surface area contributed by atoms with Crippen LogP contribution in [0.25, 0.3) is 0 Å². The van der Waals surface area contributed by atoms with Crippen molar-refractivity contribution in [3.63, 3.8) is 0 Å². The van der Waals surface area contributed by atoms with E-state index in [1.165, 1.54) is 11.1 Å². The molecule has 4 unspecified atom stereocenters. The predicted octanol–water partition coefficient (Wildman–Crippen LogP) is 10.4. The third-order valence-electron chi connectivity index (χ3n) is 8.37. The SMILES string of the molecule is CC1=CCC(C)(Cc2c(F)c(C3(C)C=CC(C)=CC3)c(C)c(Cl)c2C2(C)C=C(Cl)C(C)=CC2Cl)C=C1. The maximum atomic E-state index is 17.1. The number of hydrogen-bond acceptors (Lipinski definition) is 0. The summed E-state index contributed by atoms with van der Waals surface area (Å²) >= 11 is 20.9. The molecule has 1 aromatic carbocycles. The standard InChI is InChI=1S/C32H36Cl3F/c1-19-8-12-30(5,13-9-19)17-23-27(32(7)18-24(33)21(3)16-25(32)34)28(35)22(4)26(29(23)36)31(6)14-10-20(2)11-15-31/h8-12,14,16,18,25H,13,15,17H2,1-7H3. The van der Waals surface area contributed by atoms with E-state index in [2.05, 4.69) is 64.2 Å². The van der Waals surface area contributed by atoms with E-state index in [0.29, 0.717) is 27.6 Å². The van der Waals surface area contributed by atoms with E-state index in [4.69, 9.17) is 34.8 Å². The number of halogens is 4. The Morgan fingerprint density at radius 3 is 2.08 bits per heavy atom. The molecular formula is C32H36Cl3F. The van der Waals surface area contributed by atoms with Crippen molar-refractivity contribution in [3.05, 3.63) is 103 Å². The van der Waals surface area contributed by atoms with Gasteiger partial charge in [-0.3, -0.25) is 0 Å². The van der Waals surface area contributed by atoms with Crippen molar-refractivity contribution >= 4 is 34.8 Å². The molecule has 36 heavy (non-hydrogen) atoms. The van der Waals surface area contributed by atoms with E-state index < -0.39 is 16.2 Å². The van der Waals surface area contributed by atoms with Crippen LogP contribution in [-0.4, -0.2) is 5.38 Å². The molecule has 0 spiro atoms. The molecule has 192 valence electrons. The Hall–Kier alpha value is -1.54. The van der Waals surface area contributed by atoms with Gasteiger partial charge in [-0.05, 0) is 74.6 Å². The first-order valence-electron chi connectivity index (χ1n) is 12.7. The largest absolute Gasteiger partial charge is 0.206 e. The fourth-order valence-corrected chi connectivity index (χ4v) is 6.87. The minimum atomic E-state index is -0.755. The van der Waals surface area contributed by atoms with Gasteiger partial charge in [-0.2, -0.15) is 0 Å². The lowest BCUT2D eigenvalue weighted by Gasteiger charge is -2.40. The maximum Gasteiger partial charge on any atom is 0.131 e. The molecule has 4 rings (SSSR count). The molecule has 4 heteroatoms. The molecule has 0 heterocycles. The lowest BCUT2D eigenvalue weighted by atomic mass is 9.66. The van der Waals surface area contributed by atoms with Crippen LogP contribution in [0.5, 0.6) is 0 Å². The Morgan fingerprint density at radius 2 is 1.53 bits per heavy atom. The second-order valence-corrected chi connectivity index (χ2v) is 13.0. The second kappa shape index (κ2) is 9.64. The van der Waals surface area contributed by atoms with Crippen LogP contribution in [0.1, 0.15) is 76.6 Å². The third kappa shape index (κ3) is 4.72. The van der Waals surface area contributed by atoms with E-state index in [-0.39, 0.29) is 11.2 Å². The fourth-order valence-electron chi connectivity index (χ4n) is 5.81. The summed E-state index contributed by atoms with van der Waals surface area (Å²) in [5.41, 5.74) is 4.70. The number of alkyl halides is 1. The topological polar surface area (TPSA) is 0 Å². The molecule has 0 fully saturated rings. The highest BCUT2D eigenvalue weighted by Crippen LogP contribution is 2.51. The van der Waals surface area contributed by atoms with Crippen LogP contribution in [0, 0.1) is 18.2 Å². The van der Waals surface area contributed by atoms with Gasteiger partial charge in [-0.1, -0.05) is 104 Å². The normalized spacial score (nSPS) is 32.1. The van der Waals surface area contributed by atoms with Gasteiger partial charge in [0.15, 0.2) is 0 Å². The van der Waals surface area contributed by atoms with Gasteiger partial charge < -0.3 is 0 Å². The van der Waals surface area contributed by atoms with Crippen molar-refractivity contribution in [2.45, 2.75) is 83.9 Å². The average Bonchev–Trinajstić information content (AvgIpc) is 2.81. The summed E-state index contributed by atoms with van der Waals surface area (Å²) in [6.07, 6.45) is 18.9. The number of rotatable bonds is 4. The van der Waals surface area contributed by atoms with E-state index >= 15 is 4.39 Å². The Kier molecular flexibility index (Phi) is 7.37. The van der Waals surface area contributed by atoms with E-state index in [9.17, 15) is 0 Å². The highest BCUT2D eigenvalue weighted by atomic mass is 35.5. The Morgan fingerprint density at radius 1 is 0.917 bits per heavy atom. The summed E-state index contributed by atoms with van der Waals surface area (Å²) in [5, 5.41) is 0.802. The number of hydrogen-bond donors (Lipinski definition) is 0. The smallest absolute Gasteiger partial charge is 0.131 e. The highest BCUT2D eigenvalue weighted by Gasteiger charge is 2.43. The van der Waals surface area contributed by atoms with Gasteiger partial charge in [0, 0.05) is 26.4 Å². The Bertz CT molecular complexity index is 1290. The summed E-state index contributed by atoms with van der Waals surface area (Å²) in [6.45, 7) is 14.4. The number of allylic oxidation sites excluding steroid dienone is 12. The monoisotopic (exact) mass is 544 g/mol. The van der Waals surface area contributed by atoms with Gasteiger partial charge in [-0.25, -0.2) is 4.39 Å². The molecule has 1 aromatic rings. The molecule has 3 aliphatic carbocycles. The van der Waals surface area contributed by atoms with E-state index in [0.717, 1.165) is 29.5 Å². The zero-order chi connectivity index (χ0) is 26.6. The predicted molar refractivity (Wildman–Crippen MR) is 155 cm³/mol. The van der Waals surface area contributed by atoms with Crippen molar-refractivity contribution in [2.24, 2.45) is 5.41 Å². The quantitative estimate of drug-likeness (QED) is 0.330. The van der Waals surface area contributed by atoms with Crippen molar-refractivity contribution in [2.75, 3.05) is 0 Å². The van der Waals surface area contributed by atoms with Crippen LogP contribution in [0.4, 0.5) is 4.39 Å². The minimum Gasteiger partial charge on any atom is -0.206 e. The molecule has 0 radical (unpaired) electrons. The Balaban J connectivity index is 2.00. The van der Waals surface area contributed by atoms with E-state index in [1.807, 2.05) is 32.9 Å². The van der Waals surface area contributed by atoms with Crippen molar-refractivity contribution in [3.8, 4) is 0 Å². The van der Waals surface area contributed by atoms with Crippen molar-refractivity contribution < 1.29 is 4.39 Å². The molecular weight excluding hydrogens is 510 g/mol. The lowest BCUT2D eigenvalue weighted by Crippen LogP contribution is -2.36. The van der Waals surface area contributed by atoms with Crippen LogP contribution < -0.4 is 0 Å². The van der Waals surface area contributed by atoms with Crippen LogP contribution in [0.2, 0.25) is 5.02 Å². The summed E-state index contributed by atoms with van der Waals surface area (Å²) in [7, 11) is 0. The summed E-state index contributed by atoms with van der Waals surface area (Å²) in [5.74, 6) is -0.172. The molecule has 0 nitrogen and oxygen atoms in total. The van der Waals surface area contributed by atoms with Gasteiger partial charge >= 0.3 is 0 Å². The Labute approximate surface area is 231 Å². The summed E-state index contributed by atoms with van der Waals surface area (Å²) in [6, 6.07) is 0. The zero-order valence-electron chi connectivity index (χ0n) is 22.3. The molecule has 0 N–H and O–H groups in total. The van der Waals surface area contributed by atoms with Crippen LogP contribution in [-0.2, 0) is 17.3 Å². The first-order valence-corrected chi connectivity index (χ1v) is 13.8. The molecule has 3 aliphatic rings.